The van der Waals surface area contributed by atoms with Crippen molar-refractivity contribution >= 4 is 0 Å². The van der Waals surface area contributed by atoms with Crippen LogP contribution in [0.3, 0.4) is 0 Å². The molecule has 1 aliphatic carbocycles. The first-order valence-electron chi connectivity index (χ1n) is 12.1. The van der Waals surface area contributed by atoms with Crippen LogP contribution in [-0.4, -0.2) is 6.61 Å². The monoisotopic (exact) mass is 466 g/mol. The molecule has 0 amide bonds. The lowest BCUT2D eigenvalue weighted by atomic mass is 9.84. The number of rotatable bonds is 6. The van der Waals surface area contributed by atoms with E-state index in [0.717, 1.165) is 42.2 Å². The van der Waals surface area contributed by atoms with Crippen LogP contribution in [0.4, 0.5) is 13.2 Å². The minimum absolute atomic E-state index is 0.0921. The molecule has 3 aromatic rings. The number of alkyl halides is 2. The Labute approximate surface area is 198 Å². The third-order valence-corrected chi connectivity index (χ3v) is 7.27. The molecular formula is C29H29F3O2. The number of hydrogen-bond acceptors (Lipinski definition) is 2. The summed E-state index contributed by atoms with van der Waals surface area (Å²) in [5, 5.41) is 0. The number of hydrogen-bond donors (Lipinski definition) is 0. The first-order chi connectivity index (χ1) is 16.5. The van der Waals surface area contributed by atoms with Crippen LogP contribution in [0.1, 0.15) is 55.8 Å². The van der Waals surface area contributed by atoms with E-state index in [2.05, 4.69) is 12.1 Å². The summed E-state index contributed by atoms with van der Waals surface area (Å²) in [7, 11) is 0. The zero-order valence-electron chi connectivity index (χ0n) is 19.1. The lowest BCUT2D eigenvalue weighted by Crippen LogP contribution is -2.25. The molecule has 2 nitrogen and oxygen atoms in total. The van der Waals surface area contributed by atoms with Crippen LogP contribution in [-0.2, 0) is 10.8 Å². The Hall–Kier alpha value is -2.79. The van der Waals surface area contributed by atoms with Crippen molar-refractivity contribution in [1.29, 1.82) is 0 Å². The predicted molar refractivity (Wildman–Crippen MR) is 126 cm³/mol. The normalized spacial score (nSPS) is 21.5. The van der Waals surface area contributed by atoms with Gasteiger partial charge in [0.1, 0.15) is 11.6 Å². The Morgan fingerprint density at radius 1 is 0.706 bits per heavy atom. The van der Waals surface area contributed by atoms with E-state index in [9.17, 15) is 13.2 Å². The van der Waals surface area contributed by atoms with Crippen molar-refractivity contribution < 1.29 is 22.6 Å². The van der Waals surface area contributed by atoms with Crippen LogP contribution in [0.25, 0.3) is 11.1 Å². The quantitative estimate of drug-likeness (QED) is 0.364. The highest BCUT2D eigenvalue weighted by Crippen LogP contribution is 2.40. The summed E-state index contributed by atoms with van der Waals surface area (Å²) in [6.07, 6.45) is 4.35. The van der Waals surface area contributed by atoms with Gasteiger partial charge in [-0.1, -0.05) is 62.1 Å². The van der Waals surface area contributed by atoms with Crippen molar-refractivity contribution in [2.75, 3.05) is 6.61 Å². The fourth-order valence-corrected chi connectivity index (χ4v) is 5.29. The van der Waals surface area contributed by atoms with Gasteiger partial charge in [-0.3, -0.25) is 0 Å². The average Bonchev–Trinajstić information content (AvgIpc) is 3.41. The molecule has 34 heavy (non-hydrogen) atoms. The highest BCUT2D eigenvalue weighted by atomic mass is 19.3. The van der Waals surface area contributed by atoms with Crippen LogP contribution in [0.5, 0.6) is 5.75 Å². The van der Waals surface area contributed by atoms with E-state index < -0.39 is 11.9 Å². The van der Waals surface area contributed by atoms with E-state index in [4.69, 9.17) is 9.47 Å². The summed E-state index contributed by atoms with van der Waals surface area (Å²) in [6.45, 7) is 0.854. The summed E-state index contributed by atoms with van der Waals surface area (Å²) < 4.78 is 53.1. The topological polar surface area (TPSA) is 18.5 Å². The van der Waals surface area contributed by atoms with Crippen LogP contribution in [0, 0.1) is 17.7 Å². The standard InChI is InChI=1S/C29H29F3O2/c30-26-14-16-27(17-15-26)34-29(31,32)25-12-9-22(10-13-25)21-5-7-23(8-6-21)28-18-11-24(19-33-28)20-3-1-2-4-20/h5-10,12-17,20,24,28H,1-4,11,18-19H2. The van der Waals surface area contributed by atoms with Gasteiger partial charge in [0, 0.05) is 0 Å². The van der Waals surface area contributed by atoms with Crippen molar-refractivity contribution in [1.82, 2.24) is 0 Å². The molecule has 0 radical (unpaired) electrons. The van der Waals surface area contributed by atoms with Crippen molar-refractivity contribution in [3.05, 3.63) is 89.7 Å². The zero-order valence-corrected chi connectivity index (χ0v) is 19.1. The Bertz CT molecular complexity index is 1060. The zero-order chi connectivity index (χ0) is 23.5. The van der Waals surface area contributed by atoms with Gasteiger partial charge in [0.05, 0.1) is 18.3 Å². The summed E-state index contributed by atoms with van der Waals surface area (Å²) in [6, 6.07) is 18.8. The molecule has 1 aliphatic heterocycles. The Morgan fingerprint density at radius 3 is 1.91 bits per heavy atom. The molecule has 3 aromatic carbocycles. The van der Waals surface area contributed by atoms with E-state index in [1.165, 1.54) is 61.9 Å². The number of ether oxygens (including phenoxy) is 2. The van der Waals surface area contributed by atoms with Crippen molar-refractivity contribution in [2.45, 2.75) is 50.7 Å². The smallest absolute Gasteiger partial charge is 0.426 e. The molecule has 2 unspecified atom stereocenters. The van der Waals surface area contributed by atoms with Gasteiger partial charge in [0.2, 0.25) is 0 Å². The van der Waals surface area contributed by atoms with Gasteiger partial charge >= 0.3 is 6.11 Å². The maximum absolute atomic E-state index is 14.5. The molecule has 178 valence electrons. The maximum Gasteiger partial charge on any atom is 0.426 e. The van der Waals surface area contributed by atoms with Crippen LogP contribution < -0.4 is 4.74 Å². The molecule has 2 atom stereocenters. The van der Waals surface area contributed by atoms with Gasteiger partial charge in [-0.2, -0.15) is 8.78 Å². The van der Waals surface area contributed by atoms with Crippen LogP contribution in [0.15, 0.2) is 72.8 Å². The lowest BCUT2D eigenvalue weighted by molar-refractivity contribution is -0.185. The third-order valence-electron chi connectivity index (χ3n) is 7.27. The van der Waals surface area contributed by atoms with Crippen molar-refractivity contribution in [3.63, 3.8) is 0 Å². The molecule has 5 rings (SSSR count). The molecule has 1 saturated heterocycles. The molecule has 0 N–H and O–H groups in total. The van der Waals surface area contributed by atoms with E-state index in [1.807, 2.05) is 12.1 Å². The van der Waals surface area contributed by atoms with E-state index in [0.29, 0.717) is 5.92 Å². The Balaban J connectivity index is 1.21. The van der Waals surface area contributed by atoms with Gasteiger partial charge in [0.25, 0.3) is 0 Å². The second-order valence-corrected chi connectivity index (χ2v) is 9.48. The van der Waals surface area contributed by atoms with E-state index in [1.54, 1.807) is 12.1 Å². The summed E-state index contributed by atoms with van der Waals surface area (Å²) >= 11 is 0. The summed E-state index contributed by atoms with van der Waals surface area (Å²) in [5.74, 6) is 0.960. The number of halogens is 3. The Morgan fingerprint density at radius 2 is 1.32 bits per heavy atom. The predicted octanol–water partition coefficient (Wildman–Crippen LogP) is 8.28. The number of benzene rings is 3. The van der Waals surface area contributed by atoms with Crippen molar-refractivity contribution in [2.24, 2.45) is 11.8 Å². The van der Waals surface area contributed by atoms with Gasteiger partial charge in [-0.25, -0.2) is 4.39 Å². The van der Waals surface area contributed by atoms with Gasteiger partial charge in [-0.15, -0.1) is 0 Å². The fraction of sp³-hybridized carbons (Fsp3) is 0.379. The SMILES string of the molecule is Fc1ccc(OC(F)(F)c2ccc(-c3ccc(C4CCC(C5CCCC5)CO4)cc3)cc2)cc1. The molecule has 2 fully saturated rings. The minimum atomic E-state index is -3.52. The fourth-order valence-electron chi connectivity index (χ4n) is 5.29. The molecule has 1 heterocycles. The highest BCUT2D eigenvalue weighted by Gasteiger charge is 2.34. The average molecular weight is 467 g/mol. The summed E-state index contributed by atoms with van der Waals surface area (Å²) in [5.41, 5.74) is 2.71. The van der Waals surface area contributed by atoms with Crippen molar-refractivity contribution in [3.8, 4) is 16.9 Å². The minimum Gasteiger partial charge on any atom is -0.429 e. The lowest BCUT2D eigenvalue weighted by Gasteiger charge is -2.32. The molecule has 0 bridgehead atoms. The molecule has 1 saturated carbocycles. The second kappa shape index (κ2) is 9.83. The molecular weight excluding hydrogens is 437 g/mol. The molecule has 2 aliphatic rings. The molecule has 5 heteroatoms. The van der Waals surface area contributed by atoms with Gasteiger partial charge in [0.15, 0.2) is 0 Å². The van der Waals surface area contributed by atoms with E-state index in [-0.39, 0.29) is 17.4 Å². The van der Waals surface area contributed by atoms with E-state index >= 15 is 0 Å². The van der Waals surface area contributed by atoms with Crippen LogP contribution >= 0.6 is 0 Å². The van der Waals surface area contributed by atoms with Gasteiger partial charge < -0.3 is 9.47 Å². The third kappa shape index (κ3) is 5.15. The molecule has 0 spiro atoms. The second-order valence-electron chi connectivity index (χ2n) is 9.48. The highest BCUT2D eigenvalue weighted by molar-refractivity contribution is 5.64. The summed E-state index contributed by atoms with van der Waals surface area (Å²) in [4.78, 5) is 0. The molecule has 0 aromatic heterocycles. The largest absolute Gasteiger partial charge is 0.429 e. The maximum atomic E-state index is 14.5. The van der Waals surface area contributed by atoms with Crippen LogP contribution in [0.2, 0.25) is 0 Å². The van der Waals surface area contributed by atoms with Gasteiger partial charge in [-0.05, 0) is 77.8 Å². The first-order valence-corrected chi connectivity index (χ1v) is 12.1. The first kappa shape index (κ1) is 23.0. The Kier molecular flexibility index (Phi) is 6.64.